The molecule has 0 fully saturated rings. The summed E-state index contributed by atoms with van der Waals surface area (Å²) in [6, 6.07) is 8.80. The molecule has 16 heavy (non-hydrogen) atoms. The van der Waals surface area contributed by atoms with Crippen LogP contribution in [0.2, 0.25) is 0 Å². The van der Waals surface area contributed by atoms with Gasteiger partial charge >= 0.3 is 0 Å². The first-order valence-corrected chi connectivity index (χ1v) is 6.03. The van der Waals surface area contributed by atoms with Gasteiger partial charge in [0.05, 0.1) is 6.04 Å². The van der Waals surface area contributed by atoms with E-state index >= 15 is 0 Å². The highest BCUT2D eigenvalue weighted by Crippen LogP contribution is 2.29. The fourth-order valence-electron chi connectivity index (χ4n) is 2.30. The average molecular weight is 216 g/mol. The Morgan fingerprint density at radius 2 is 1.94 bits per heavy atom. The van der Waals surface area contributed by atoms with Crippen molar-refractivity contribution >= 4 is 0 Å². The first-order chi connectivity index (χ1) is 7.81. The lowest BCUT2D eigenvalue weighted by Crippen LogP contribution is -2.30. The van der Waals surface area contributed by atoms with E-state index in [1.54, 1.807) is 0 Å². The Bertz CT molecular complexity index is 365. The number of hydrogen-bond acceptors (Lipinski definition) is 2. The van der Waals surface area contributed by atoms with Crippen molar-refractivity contribution in [2.75, 3.05) is 0 Å². The van der Waals surface area contributed by atoms with Gasteiger partial charge in [-0.2, -0.15) is 0 Å². The molecule has 1 aromatic rings. The normalized spacial score (nSPS) is 18.0. The number of benzene rings is 1. The smallest absolute Gasteiger partial charge is 0.0670 e. The van der Waals surface area contributed by atoms with Crippen LogP contribution in [0.4, 0.5) is 0 Å². The van der Waals surface area contributed by atoms with E-state index in [1.807, 2.05) is 0 Å². The van der Waals surface area contributed by atoms with Crippen LogP contribution in [-0.4, -0.2) is 0 Å². The minimum absolute atomic E-state index is 0.195. The molecule has 0 aromatic heterocycles. The number of hydrazine groups is 1. The zero-order valence-corrected chi connectivity index (χ0v) is 9.87. The van der Waals surface area contributed by atoms with Crippen LogP contribution < -0.4 is 11.3 Å². The fourth-order valence-corrected chi connectivity index (χ4v) is 2.30. The topological polar surface area (TPSA) is 38.0 Å². The Labute approximate surface area is 97.5 Å². The first kappa shape index (κ1) is 11.4. The van der Waals surface area contributed by atoms with Gasteiger partial charge in [-0.15, -0.1) is 0 Å². The maximum Gasteiger partial charge on any atom is 0.0670 e. The fraction of sp³-hybridized carbons (Fsp3) is 0.429. The van der Waals surface area contributed by atoms with Gasteiger partial charge in [-0.25, -0.2) is 5.43 Å². The molecule has 0 amide bonds. The molecule has 1 aliphatic carbocycles. The van der Waals surface area contributed by atoms with Gasteiger partial charge < -0.3 is 0 Å². The summed E-state index contributed by atoms with van der Waals surface area (Å²) in [5.74, 6) is 5.68. The van der Waals surface area contributed by atoms with Crippen molar-refractivity contribution in [3.05, 3.63) is 47.0 Å². The molecule has 1 aliphatic rings. The van der Waals surface area contributed by atoms with E-state index < -0.39 is 0 Å². The first-order valence-electron chi connectivity index (χ1n) is 6.03. The molecular weight excluding hydrogens is 196 g/mol. The van der Waals surface area contributed by atoms with Crippen molar-refractivity contribution in [3.63, 3.8) is 0 Å². The molecule has 2 nitrogen and oxygen atoms in total. The Morgan fingerprint density at radius 1 is 1.19 bits per heavy atom. The van der Waals surface area contributed by atoms with E-state index in [0.29, 0.717) is 0 Å². The number of hydrogen-bond donors (Lipinski definition) is 2. The molecule has 1 aromatic carbocycles. The standard InChI is InChI=1S/C14H20N2/c1-11-7-9-13(10-8-11)14(16-15)12-5-3-2-4-6-12/h5,7-10,14,16H,2-4,6,15H2,1H3. The average Bonchev–Trinajstić information content (AvgIpc) is 2.34. The monoisotopic (exact) mass is 216 g/mol. The van der Waals surface area contributed by atoms with Crippen molar-refractivity contribution in [1.29, 1.82) is 0 Å². The number of nitrogens with two attached hydrogens (primary N) is 1. The highest BCUT2D eigenvalue weighted by atomic mass is 15.2. The third-order valence-electron chi connectivity index (χ3n) is 3.27. The zero-order chi connectivity index (χ0) is 11.4. The molecule has 0 bridgehead atoms. The predicted octanol–water partition coefficient (Wildman–Crippen LogP) is 3.00. The summed E-state index contributed by atoms with van der Waals surface area (Å²) in [7, 11) is 0. The van der Waals surface area contributed by atoms with Gasteiger partial charge in [0, 0.05) is 0 Å². The number of nitrogens with one attached hydrogen (secondary N) is 1. The summed E-state index contributed by atoms with van der Waals surface area (Å²) in [4.78, 5) is 0. The van der Waals surface area contributed by atoms with Gasteiger partial charge in [-0.3, -0.25) is 5.84 Å². The van der Waals surface area contributed by atoms with E-state index in [2.05, 4.69) is 42.7 Å². The summed E-state index contributed by atoms with van der Waals surface area (Å²) in [5, 5.41) is 0. The van der Waals surface area contributed by atoms with Crippen molar-refractivity contribution in [2.45, 2.75) is 38.6 Å². The van der Waals surface area contributed by atoms with Crippen LogP contribution >= 0.6 is 0 Å². The van der Waals surface area contributed by atoms with Crippen LogP contribution in [0.1, 0.15) is 42.9 Å². The molecular formula is C14H20N2. The van der Waals surface area contributed by atoms with Crippen LogP contribution in [0.25, 0.3) is 0 Å². The maximum atomic E-state index is 5.68. The number of allylic oxidation sites excluding steroid dienone is 1. The van der Waals surface area contributed by atoms with Crippen molar-refractivity contribution in [2.24, 2.45) is 5.84 Å². The van der Waals surface area contributed by atoms with Crippen molar-refractivity contribution < 1.29 is 0 Å². The molecule has 2 rings (SSSR count). The molecule has 0 heterocycles. The Balaban J connectivity index is 2.21. The van der Waals surface area contributed by atoms with E-state index in [-0.39, 0.29) is 6.04 Å². The van der Waals surface area contributed by atoms with Gasteiger partial charge in [0.2, 0.25) is 0 Å². The molecule has 0 aliphatic heterocycles. The van der Waals surface area contributed by atoms with Crippen LogP contribution in [0, 0.1) is 6.92 Å². The van der Waals surface area contributed by atoms with E-state index in [0.717, 1.165) is 0 Å². The maximum absolute atomic E-state index is 5.68. The van der Waals surface area contributed by atoms with Crippen LogP contribution in [0.15, 0.2) is 35.9 Å². The molecule has 0 saturated carbocycles. The van der Waals surface area contributed by atoms with Gasteiger partial charge in [-0.1, -0.05) is 41.5 Å². The number of rotatable bonds is 3. The second-order valence-electron chi connectivity index (χ2n) is 4.54. The largest absolute Gasteiger partial charge is 0.271 e. The SMILES string of the molecule is Cc1ccc(C(NN)C2=CCCCC2)cc1. The highest BCUT2D eigenvalue weighted by Gasteiger charge is 2.16. The van der Waals surface area contributed by atoms with E-state index in [9.17, 15) is 0 Å². The van der Waals surface area contributed by atoms with Gasteiger partial charge in [0.15, 0.2) is 0 Å². The molecule has 1 atom stereocenters. The van der Waals surface area contributed by atoms with Crippen LogP contribution in [-0.2, 0) is 0 Å². The second kappa shape index (κ2) is 5.28. The second-order valence-corrected chi connectivity index (χ2v) is 4.54. The summed E-state index contributed by atoms with van der Waals surface area (Å²) in [5.41, 5.74) is 6.94. The quantitative estimate of drug-likeness (QED) is 0.463. The Morgan fingerprint density at radius 3 is 2.50 bits per heavy atom. The predicted molar refractivity (Wildman–Crippen MR) is 67.8 cm³/mol. The summed E-state index contributed by atoms with van der Waals surface area (Å²) >= 11 is 0. The minimum Gasteiger partial charge on any atom is -0.271 e. The lowest BCUT2D eigenvalue weighted by Gasteiger charge is -2.23. The van der Waals surface area contributed by atoms with E-state index in [1.165, 1.54) is 42.4 Å². The molecule has 0 saturated heterocycles. The highest BCUT2D eigenvalue weighted by molar-refractivity contribution is 5.31. The van der Waals surface area contributed by atoms with Gasteiger partial charge in [0.25, 0.3) is 0 Å². The minimum atomic E-state index is 0.195. The molecule has 0 radical (unpaired) electrons. The zero-order valence-electron chi connectivity index (χ0n) is 9.87. The van der Waals surface area contributed by atoms with Gasteiger partial charge in [-0.05, 0) is 38.2 Å². The van der Waals surface area contributed by atoms with Crippen LogP contribution in [0.3, 0.4) is 0 Å². The summed E-state index contributed by atoms with van der Waals surface area (Å²) < 4.78 is 0. The third kappa shape index (κ3) is 2.52. The Kier molecular flexibility index (Phi) is 3.75. The molecule has 1 unspecified atom stereocenters. The molecule has 86 valence electrons. The van der Waals surface area contributed by atoms with Crippen molar-refractivity contribution in [1.82, 2.24) is 5.43 Å². The summed E-state index contributed by atoms with van der Waals surface area (Å²) in [6.07, 6.45) is 7.31. The number of aryl methyl sites for hydroxylation is 1. The van der Waals surface area contributed by atoms with Gasteiger partial charge in [0.1, 0.15) is 0 Å². The summed E-state index contributed by atoms with van der Waals surface area (Å²) in [6.45, 7) is 2.11. The Hall–Kier alpha value is -1.12. The molecule has 2 heteroatoms. The van der Waals surface area contributed by atoms with Crippen molar-refractivity contribution in [3.8, 4) is 0 Å². The van der Waals surface area contributed by atoms with Crippen LogP contribution in [0.5, 0.6) is 0 Å². The third-order valence-corrected chi connectivity index (χ3v) is 3.27. The molecule has 0 spiro atoms. The molecule has 3 N–H and O–H groups in total. The lowest BCUT2D eigenvalue weighted by molar-refractivity contribution is 0.566. The van der Waals surface area contributed by atoms with E-state index in [4.69, 9.17) is 5.84 Å². The lowest BCUT2D eigenvalue weighted by atomic mass is 9.90.